The Balaban J connectivity index is 1.65. The zero-order valence-corrected chi connectivity index (χ0v) is 18.5. The number of hydrogen-bond donors (Lipinski definition) is 1. The first kappa shape index (κ1) is 24.1. The molecule has 0 unspecified atom stereocenters. The van der Waals surface area contributed by atoms with Crippen LogP contribution in [0.1, 0.15) is 24.2 Å². The molecule has 4 aromatic rings. The molecule has 0 saturated heterocycles. The molecule has 0 radical (unpaired) electrons. The Kier molecular flexibility index (Phi) is 6.42. The quantitative estimate of drug-likeness (QED) is 0.338. The lowest BCUT2D eigenvalue weighted by molar-refractivity contribution is -0.142. The predicted octanol–water partition coefficient (Wildman–Crippen LogP) is 5.98. The highest BCUT2D eigenvalue weighted by molar-refractivity contribution is 6.10. The van der Waals surface area contributed by atoms with E-state index in [1.165, 1.54) is 18.6 Å². The van der Waals surface area contributed by atoms with Crippen LogP contribution in [-0.4, -0.2) is 33.0 Å². The van der Waals surface area contributed by atoms with Crippen molar-refractivity contribution in [1.29, 1.82) is 0 Å². The van der Waals surface area contributed by atoms with Gasteiger partial charge >= 0.3 is 6.18 Å². The van der Waals surface area contributed by atoms with E-state index >= 15 is 0 Å². The minimum atomic E-state index is -4.42. The summed E-state index contributed by atoms with van der Waals surface area (Å²) in [6.07, 6.45) is -0.877. The molecule has 0 aliphatic rings. The molecular formula is C24H19F5N4O2. The zero-order chi connectivity index (χ0) is 25.3. The van der Waals surface area contributed by atoms with Crippen molar-refractivity contribution in [2.24, 2.45) is 0 Å². The summed E-state index contributed by atoms with van der Waals surface area (Å²) in [6, 6.07) is 8.20. The standard InChI is InChI=1S/C24H19F5N4O2/c1-13(2)35-22-18(25)8-14(9-19(22)26)23(34)32-20-5-3-4-17-16(6-7-30-21(17)20)15-10-31-33(11-15)12-24(27,28)29/h3-11,13H,12H2,1-2H3,(H,32,34). The smallest absolute Gasteiger partial charge is 0.408 e. The van der Waals surface area contributed by atoms with E-state index in [0.717, 1.165) is 16.8 Å². The third kappa shape index (κ3) is 5.39. The lowest BCUT2D eigenvalue weighted by atomic mass is 10.0. The summed E-state index contributed by atoms with van der Waals surface area (Å²) in [5.41, 5.74) is 1.29. The van der Waals surface area contributed by atoms with Gasteiger partial charge in [0.05, 0.1) is 23.5 Å². The number of anilines is 1. The molecule has 0 aliphatic heterocycles. The van der Waals surface area contributed by atoms with Gasteiger partial charge in [-0.25, -0.2) is 8.78 Å². The molecule has 2 aromatic heterocycles. The second-order valence-electron chi connectivity index (χ2n) is 7.99. The van der Waals surface area contributed by atoms with Crippen LogP contribution in [0, 0.1) is 11.6 Å². The number of pyridine rings is 1. The Hall–Kier alpha value is -4.02. The van der Waals surface area contributed by atoms with Gasteiger partial charge < -0.3 is 10.1 Å². The summed E-state index contributed by atoms with van der Waals surface area (Å²) in [4.78, 5) is 17.0. The molecular weight excluding hydrogens is 471 g/mol. The van der Waals surface area contributed by atoms with Crippen LogP contribution >= 0.6 is 0 Å². The van der Waals surface area contributed by atoms with Crippen LogP contribution in [-0.2, 0) is 6.54 Å². The third-order valence-corrected chi connectivity index (χ3v) is 4.92. The first-order valence-corrected chi connectivity index (χ1v) is 10.5. The van der Waals surface area contributed by atoms with Crippen molar-refractivity contribution in [3.05, 3.63) is 72.2 Å². The van der Waals surface area contributed by atoms with Crippen LogP contribution < -0.4 is 10.1 Å². The molecule has 35 heavy (non-hydrogen) atoms. The SMILES string of the molecule is CC(C)Oc1c(F)cc(C(=O)Nc2cccc3c(-c4cnn(CC(F)(F)F)c4)ccnc23)cc1F. The topological polar surface area (TPSA) is 69.0 Å². The molecule has 4 rings (SSSR count). The highest BCUT2D eigenvalue weighted by atomic mass is 19.4. The van der Waals surface area contributed by atoms with Crippen LogP contribution in [0.5, 0.6) is 5.75 Å². The molecule has 1 N–H and O–H groups in total. The number of nitrogens with zero attached hydrogens (tertiary/aromatic N) is 3. The number of rotatable bonds is 6. The fraction of sp³-hybridized carbons (Fsp3) is 0.208. The molecule has 0 saturated carbocycles. The summed E-state index contributed by atoms with van der Waals surface area (Å²) >= 11 is 0. The molecule has 6 nitrogen and oxygen atoms in total. The molecule has 1 amide bonds. The van der Waals surface area contributed by atoms with E-state index in [-0.39, 0.29) is 11.3 Å². The fourth-order valence-corrected chi connectivity index (χ4v) is 3.54. The minimum Gasteiger partial charge on any atom is -0.485 e. The summed E-state index contributed by atoms with van der Waals surface area (Å²) in [5.74, 6) is -3.38. The van der Waals surface area contributed by atoms with Crippen LogP contribution in [0.2, 0.25) is 0 Å². The fourth-order valence-electron chi connectivity index (χ4n) is 3.54. The summed E-state index contributed by atoms with van der Waals surface area (Å²) in [6.45, 7) is 2.00. The van der Waals surface area contributed by atoms with Gasteiger partial charge in [-0.05, 0) is 43.7 Å². The van der Waals surface area contributed by atoms with E-state index in [9.17, 15) is 26.7 Å². The van der Waals surface area contributed by atoms with Gasteiger partial charge in [-0.2, -0.15) is 18.3 Å². The zero-order valence-electron chi connectivity index (χ0n) is 18.5. The number of benzene rings is 2. The Bertz CT molecular complexity index is 1380. The normalized spacial score (nSPS) is 11.8. The maximum Gasteiger partial charge on any atom is 0.408 e. The Morgan fingerprint density at radius 1 is 1.14 bits per heavy atom. The first-order chi connectivity index (χ1) is 16.5. The van der Waals surface area contributed by atoms with Crippen molar-refractivity contribution >= 4 is 22.5 Å². The van der Waals surface area contributed by atoms with Gasteiger partial charge in [0.1, 0.15) is 6.54 Å². The molecule has 2 aromatic carbocycles. The molecule has 11 heteroatoms. The molecule has 0 bridgehead atoms. The van der Waals surface area contributed by atoms with E-state index in [0.29, 0.717) is 22.0 Å². The van der Waals surface area contributed by atoms with Gasteiger partial charge in [0.2, 0.25) is 0 Å². The van der Waals surface area contributed by atoms with Gasteiger partial charge in [-0.15, -0.1) is 0 Å². The highest BCUT2D eigenvalue weighted by Crippen LogP contribution is 2.32. The van der Waals surface area contributed by atoms with E-state index < -0.39 is 42.1 Å². The average Bonchev–Trinajstić information content (AvgIpc) is 3.22. The molecule has 182 valence electrons. The summed E-state index contributed by atoms with van der Waals surface area (Å²) in [7, 11) is 0. The van der Waals surface area contributed by atoms with Crippen molar-refractivity contribution in [2.45, 2.75) is 32.7 Å². The van der Waals surface area contributed by atoms with E-state index in [2.05, 4.69) is 15.4 Å². The number of hydrogen-bond acceptors (Lipinski definition) is 4. The largest absolute Gasteiger partial charge is 0.485 e. The number of aromatic nitrogens is 3. The van der Waals surface area contributed by atoms with Gasteiger partial charge in [-0.1, -0.05) is 12.1 Å². The number of carbonyl (C=O) groups is 1. The number of ether oxygens (including phenoxy) is 1. The summed E-state index contributed by atoms with van der Waals surface area (Å²) in [5, 5.41) is 6.88. The Labute approximate surface area is 196 Å². The van der Waals surface area contributed by atoms with Gasteiger partial charge in [0.15, 0.2) is 17.4 Å². The van der Waals surface area contributed by atoms with Crippen LogP contribution in [0.3, 0.4) is 0 Å². The monoisotopic (exact) mass is 490 g/mol. The van der Waals surface area contributed by atoms with Crippen molar-refractivity contribution in [1.82, 2.24) is 14.8 Å². The molecule has 0 aliphatic carbocycles. The number of amides is 1. The number of nitrogens with one attached hydrogen (secondary N) is 1. The average molecular weight is 490 g/mol. The second kappa shape index (κ2) is 9.32. The number of halogens is 5. The number of fused-ring (bicyclic) bond motifs is 1. The first-order valence-electron chi connectivity index (χ1n) is 10.5. The molecule has 0 spiro atoms. The van der Waals surface area contributed by atoms with Crippen molar-refractivity contribution in [2.75, 3.05) is 5.32 Å². The third-order valence-electron chi connectivity index (χ3n) is 4.92. The molecule has 0 fully saturated rings. The number of para-hydroxylation sites is 1. The number of alkyl halides is 3. The summed E-state index contributed by atoms with van der Waals surface area (Å²) < 4.78 is 72.6. The maximum atomic E-state index is 14.3. The molecule has 0 atom stereocenters. The van der Waals surface area contributed by atoms with Gasteiger partial charge in [0, 0.05) is 28.9 Å². The van der Waals surface area contributed by atoms with Crippen molar-refractivity contribution in [3.8, 4) is 16.9 Å². The van der Waals surface area contributed by atoms with Crippen LogP contribution in [0.25, 0.3) is 22.0 Å². The second-order valence-corrected chi connectivity index (χ2v) is 7.99. The predicted molar refractivity (Wildman–Crippen MR) is 119 cm³/mol. The Morgan fingerprint density at radius 3 is 2.51 bits per heavy atom. The van der Waals surface area contributed by atoms with E-state index in [1.54, 1.807) is 38.1 Å². The highest BCUT2D eigenvalue weighted by Gasteiger charge is 2.28. The van der Waals surface area contributed by atoms with Crippen LogP contribution in [0.4, 0.5) is 27.6 Å². The van der Waals surface area contributed by atoms with E-state index in [4.69, 9.17) is 4.74 Å². The van der Waals surface area contributed by atoms with Gasteiger partial charge in [0.25, 0.3) is 5.91 Å². The van der Waals surface area contributed by atoms with Crippen LogP contribution in [0.15, 0.2) is 55.0 Å². The van der Waals surface area contributed by atoms with Crippen molar-refractivity contribution < 1.29 is 31.5 Å². The van der Waals surface area contributed by atoms with E-state index in [1.807, 2.05) is 0 Å². The maximum absolute atomic E-state index is 14.3. The number of carbonyl (C=O) groups excluding carboxylic acids is 1. The van der Waals surface area contributed by atoms with Crippen molar-refractivity contribution in [3.63, 3.8) is 0 Å². The molecule has 2 heterocycles. The van der Waals surface area contributed by atoms with Gasteiger partial charge in [-0.3, -0.25) is 14.5 Å². The lowest BCUT2D eigenvalue weighted by Crippen LogP contribution is -2.17. The minimum absolute atomic E-state index is 0.250. The Morgan fingerprint density at radius 2 is 1.86 bits per heavy atom. The lowest BCUT2D eigenvalue weighted by Gasteiger charge is -2.13.